The molecule has 4 N–H and O–H groups in total. The number of rotatable bonds is 14. The van der Waals surface area contributed by atoms with E-state index in [9.17, 15) is 24.0 Å². The molecule has 1 aromatic rings. The number of carbonyl (C=O) groups excluding carboxylic acids is 5. The number of hydrogen-bond donors (Lipinski definition) is 3. The van der Waals surface area contributed by atoms with E-state index in [-0.39, 0.29) is 32.4 Å². The van der Waals surface area contributed by atoms with Gasteiger partial charge in [0.25, 0.3) is 0 Å². The predicted molar refractivity (Wildman–Crippen MR) is 156 cm³/mol. The normalized spacial score (nSPS) is 13.0. The molecule has 0 fully saturated rings. The van der Waals surface area contributed by atoms with Crippen LogP contribution in [-0.2, 0) is 28.7 Å². The van der Waals surface area contributed by atoms with E-state index in [2.05, 4.69) is 10.6 Å². The number of benzene rings is 1. The summed E-state index contributed by atoms with van der Waals surface area (Å²) in [5.41, 5.74) is 6.02. The van der Waals surface area contributed by atoms with Crippen molar-refractivity contribution < 1.29 is 33.4 Å². The second-order valence-electron chi connectivity index (χ2n) is 11.6. The van der Waals surface area contributed by atoms with Crippen molar-refractivity contribution in [1.29, 1.82) is 0 Å². The SMILES string of the molecule is CCOC(=O)CCNC(=O)C(c1cccc(C)c1C)N(C(=O)C(CCC(N)=O)NC(=O)OC(C)(C)C)C(C)(C)CC. The van der Waals surface area contributed by atoms with Crippen molar-refractivity contribution in [2.75, 3.05) is 13.2 Å². The van der Waals surface area contributed by atoms with E-state index in [1.165, 1.54) is 4.90 Å². The van der Waals surface area contributed by atoms with Crippen molar-refractivity contribution in [3.05, 3.63) is 34.9 Å². The molecule has 11 heteroatoms. The van der Waals surface area contributed by atoms with Crippen LogP contribution in [0.15, 0.2) is 18.2 Å². The van der Waals surface area contributed by atoms with E-state index in [0.29, 0.717) is 12.0 Å². The lowest BCUT2D eigenvalue weighted by Crippen LogP contribution is -2.59. The van der Waals surface area contributed by atoms with E-state index in [0.717, 1.165) is 11.1 Å². The largest absolute Gasteiger partial charge is 0.466 e. The number of hydrogen-bond acceptors (Lipinski definition) is 7. The molecule has 0 saturated carbocycles. The molecule has 1 aromatic carbocycles. The van der Waals surface area contributed by atoms with Gasteiger partial charge in [-0.1, -0.05) is 25.1 Å². The second-order valence-corrected chi connectivity index (χ2v) is 11.6. The van der Waals surface area contributed by atoms with E-state index in [1.807, 2.05) is 46.8 Å². The Hall–Kier alpha value is -3.63. The van der Waals surface area contributed by atoms with Crippen LogP contribution in [0.4, 0.5) is 4.79 Å². The van der Waals surface area contributed by atoms with Crippen LogP contribution in [-0.4, -0.2) is 65.0 Å². The summed E-state index contributed by atoms with van der Waals surface area (Å²) in [5.74, 6) is -2.16. The first-order chi connectivity index (χ1) is 18.9. The minimum absolute atomic E-state index is 0.00881. The number of aryl methyl sites for hydroxylation is 1. The van der Waals surface area contributed by atoms with Gasteiger partial charge in [0.05, 0.1) is 13.0 Å². The van der Waals surface area contributed by atoms with Gasteiger partial charge in [-0.2, -0.15) is 0 Å². The van der Waals surface area contributed by atoms with Gasteiger partial charge in [0.1, 0.15) is 17.7 Å². The minimum Gasteiger partial charge on any atom is -0.466 e. The Morgan fingerprint density at radius 1 is 1.00 bits per heavy atom. The van der Waals surface area contributed by atoms with Crippen LogP contribution in [0.2, 0.25) is 0 Å². The fourth-order valence-electron chi connectivity index (χ4n) is 4.19. The number of nitrogens with zero attached hydrogens (tertiary/aromatic N) is 1. The Labute approximate surface area is 243 Å². The van der Waals surface area contributed by atoms with E-state index in [1.54, 1.807) is 33.8 Å². The molecule has 0 saturated heterocycles. The summed E-state index contributed by atoms with van der Waals surface area (Å²) in [6.45, 7) is 16.3. The molecule has 11 nitrogen and oxygen atoms in total. The van der Waals surface area contributed by atoms with Gasteiger partial charge in [-0.15, -0.1) is 0 Å². The highest BCUT2D eigenvalue weighted by Crippen LogP contribution is 2.34. The maximum absolute atomic E-state index is 14.4. The first kappa shape index (κ1) is 35.4. The molecule has 0 aliphatic rings. The number of alkyl carbamates (subject to hydrolysis) is 1. The molecule has 2 atom stereocenters. The first-order valence-corrected chi connectivity index (χ1v) is 14.1. The minimum atomic E-state index is -1.21. The van der Waals surface area contributed by atoms with Gasteiger partial charge in [0, 0.05) is 18.5 Å². The molecule has 4 amide bonds. The Balaban J connectivity index is 3.67. The number of amides is 4. The number of carbonyl (C=O) groups is 5. The molecule has 0 heterocycles. The predicted octanol–water partition coefficient (Wildman–Crippen LogP) is 3.59. The summed E-state index contributed by atoms with van der Waals surface area (Å²) in [7, 11) is 0. The standard InChI is InChI=1S/C30H48N4O7/c1-10-30(8,9)34(27(38)22(15-16-23(31)35)33-28(39)41-29(5,6)7)25(21-14-12-13-19(3)20(21)4)26(37)32-18-17-24(36)40-11-2/h12-14,22,25H,10-11,15-18H2,1-9H3,(H2,31,35)(H,32,37)(H,33,39). The van der Waals surface area contributed by atoms with Crippen LogP contribution >= 0.6 is 0 Å². The van der Waals surface area contributed by atoms with Crippen LogP contribution < -0.4 is 16.4 Å². The van der Waals surface area contributed by atoms with Crippen molar-refractivity contribution in [2.45, 2.75) is 111 Å². The van der Waals surface area contributed by atoms with Gasteiger partial charge < -0.3 is 30.7 Å². The lowest BCUT2D eigenvalue weighted by Gasteiger charge is -2.45. The summed E-state index contributed by atoms with van der Waals surface area (Å²) in [6, 6.07) is 3.18. The van der Waals surface area contributed by atoms with Crippen LogP contribution in [0.5, 0.6) is 0 Å². The zero-order valence-electron chi connectivity index (χ0n) is 26.0. The van der Waals surface area contributed by atoms with Crippen molar-refractivity contribution in [3.63, 3.8) is 0 Å². The lowest BCUT2D eigenvalue weighted by molar-refractivity contribution is -0.150. The molecule has 0 bridgehead atoms. The van der Waals surface area contributed by atoms with Crippen molar-refractivity contribution in [1.82, 2.24) is 15.5 Å². The maximum atomic E-state index is 14.4. The zero-order valence-corrected chi connectivity index (χ0v) is 26.0. The van der Waals surface area contributed by atoms with Gasteiger partial charge in [0.2, 0.25) is 17.7 Å². The highest BCUT2D eigenvalue weighted by molar-refractivity contribution is 5.93. The molecule has 0 spiro atoms. The highest BCUT2D eigenvalue weighted by Gasteiger charge is 2.43. The van der Waals surface area contributed by atoms with Crippen molar-refractivity contribution >= 4 is 29.8 Å². The van der Waals surface area contributed by atoms with Crippen LogP contribution in [0.25, 0.3) is 0 Å². The van der Waals surface area contributed by atoms with Gasteiger partial charge in [0.15, 0.2) is 0 Å². The van der Waals surface area contributed by atoms with Crippen molar-refractivity contribution in [3.8, 4) is 0 Å². The monoisotopic (exact) mass is 576 g/mol. The topological polar surface area (TPSA) is 157 Å². The Morgan fingerprint density at radius 3 is 2.17 bits per heavy atom. The summed E-state index contributed by atoms with van der Waals surface area (Å²) < 4.78 is 10.3. The number of primary amides is 1. The Morgan fingerprint density at radius 2 is 1.63 bits per heavy atom. The zero-order chi connectivity index (χ0) is 31.5. The van der Waals surface area contributed by atoms with Crippen LogP contribution in [0, 0.1) is 13.8 Å². The summed E-state index contributed by atoms with van der Waals surface area (Å²) in [4.78, 5) is 66.1. The fraction of sp³-hybridized carbons (Fsp3) is 0.633. The lowest BCUT2D eigenvalue weighted by atomic mass is 9.89. The molecule has 0 aliphatic heterocycles. The number of nitrogens with two attached hydrogens (primary N) is 1. The van der Waals surface area contributed by atoms with Crippen LogP contribution in [0.3, 0.4) is 0 Å². The molecule has 230 valence electrons. The second kappa shape index (κ2) is 15.4. The average Bonchev–Trinajstić information content (AvgIpc) is 2.85. The average molecular weight is 577 g/mol. The smallest absolute Gasteiger partial charge is 0.408 e. The molecule has 2 unspecified atom stereocenters. The van der Waals surface area contributed by atoms with Crippen LogP contribution in [0.1, 0.15) is 96.9 Å². The third-order valence-electron chi connectivity index (χ3n) is 6.80. The molecular formula is C30H48N4O7. The molecule has 1 rings (SSSR count). The maximum Gasteiger partial charge on any atom is 0.408 e. The van der Waals surface area contributed by atoms with Gasteiger partial charge in [-0.3, -0.25) is 19.2 Å². The third-order valence-corrected chi connectivity index (χ3v) is 6.80. The number of esters is 1. The molecule has 41 heavy (non-hydrogen) atoms. The molecular weight excluding hydrogens is 528 g/mol. The molecule has 0 aromatic heterocycles. The van der Waals surface area contributed by atoms with Crippen molar-refractivity contribution in [2.24, 2.45) is 5.73 Å². The fourth-order valence-corrected chi connectivity index (χ4v) is 4.19. The summed E-state index contributed by atoms with van der Waals surface area (Å²) >= 11 is 0. The van der Waals surface area contributed by atoms with Gasteiger partial charge in [-0.05, 0) is 84.9 Å². The van der Waals surface area contributed by atoms with Gasteiger partial charge in [-0.25, -0.2) is 4.79 Å². The summed E-state index contributed by atoms with van der Waals surface area (Å²) in [6.07, 6.45) is -0.673. The van der Waals surface area contributed by atoms with Gasteiger partial charge >= 0.3 is 12.1 Å². The Bertz CT molecular complexity index is 1090. The molecule has 0 aliphatic carbocycles. The van der Waals surface area contributed by atoms with E-state index >= 15 is 0 Å². The Kier molecular flexibility index (Phi) is 13.3. The third kappa shape index (κ3) is 11.0. The number of ether oxygens (including phenoxy) is 2. The number of nitrogens with one attached hydrogen (secondary N) is 2. The van der Waals surface area contributed by atoms with E-state index in [4.69, 9.17) is 15.2 Å². The highest BCUT2D eigenvalue weighted by atomic mass is 16.6. The van der Waals surface area contributed by atoms with E-state index < -0.39 is 53.0 Å². The quantitative estimate of drug-likeness (QED) is 0.286. The summed E-state index contributed by atoms with van der Waals surface area (Å²) in [5, 5.41) is 5.39. The molecule has 0 radical (unpaired) electrons. The first-order valence-electron chi connectivity index (χ1n) is 14.1.